The lowest BCUT2D eigenvalue weighted by Gasteiger charge is -2.30. The van der Waals surface area contributed by atoms with E-state index in [0.717, 1.165) is 5.56 Å². The van der Waals surface area contributed by atoms with Gasteiger partial charge in [0, 0.05) is 31.0 Å². The first-order valence-corrected chi connectivity index (χ1v) is 8.84. The van der Waals surface area contributed by atoms with Gasteiger partial charge >= 0.3 is 0 Å². The van der Waals surface area contributed by atoms with Gasteiger partial charge in [0.15, 0.2) is 0 Å². The molecule has 1 aliphatic heterocycles. The predicted octanol–water partition coefficient (Wildman–Crippen LogP) is 0.593. The van der Waals surface area contributed by atoms with Crippen molar-refractivity contribution in [2.24, 2.45) is 11.0 Å². The van der Waals surface area contributed by atoms with Crippen LogP contribution in [0.15, 0.2) is 29.6 Å². The molecule has 1 fully saturated rings. The topological polar surface area (TPSA) is 91.7 Å². The first kappa shape index (κ1) is 16.6. The second kappa shape index (κ2) is 7.46. The Labute approximate surface area is 130 Å². The van der Waals surface area contributed by atoms with E-state index in [-0.39, 0.29) is 24.1 Å². The minimum atomic E-state index is -3.24. The number of piperidine rings is 1. The van der Waals surface area contributed by atoms with Crippen molar-refractivity contribution in [2.45, 2.75) is 19.8 Å². The van der Waals surface area contributed by atoms with Gasteiger partial charge < -0.3 is 0 Å². The number of nitrogens with zero attached hydrogens (tertiary/aromatic N) is 3. The minimum absolute atomic E-state index is 0.0561. The number of hydrazone groups is 1. The number of carbonyl (C=O) groups is 1. The molecule has 1 aromatic rings. The largest absolute Gasteiger partial charge is 0.273 e. The molecule has 2 rings (SSSR count). The fourth-order valence-electron chi connectivity index (χ4n) is 2.31. The molecule has 22 heavy (non-hydrogen) atoms. The van der Waals surface area contributed by atoms with Crippen LogP contribution < -0.4 is 5.43 Å². The van der Waals surface area contributed by atoms with Gasteiger partial charge in [-0.05, 0) is 25.8 Å². The third-order valence-corrected chi connectivity index (χ3v) is 5.43. The summed E-state index contributed by atoms with van der Waals surface area (Å²) in [5.74, 6) is -0.558. The first-order chi connectivity index (χ1) is 10.5. The molecule has 1 atom stereocenters. The molecule has 0 saturated carbocycles. The maximum absolute atomic E-state index is 12.1. The van der Waals surface area contributed by atoms with E-state index in [1.54, 1.807) is 25.4 Å². The van der Waals surface area contributed by atoms with E-state index in [0.29, 0.717) is 19.4 Å². The standard InChI is InChI=1S/C14H20N4O3S/c1-2-22(20,21)18-8-4-6-13(11-18)14(19)17-16-10-12-5-3-7-15-9-12/h3,5,7,9-10,13H,2,4,6,8,11H2,1H3,(H,17,19)/b16-10+. The van der Waals surface area contributed by atoms with Crippen LogP contribution in [0.4, 0.5) is 0 Å². The van der Waals surface area contributed by atoms with Crippen LogP contribution in [0, 0.1) is 5.92 Å². The van der Waals surface area contributed by atoms with Gasteiger partial charge in [-0.25, -0.2) is 18.1 Å². The fourth-order valence-corrected chi connectivity index (χ4v) is 3.49. The molecule has 0 aromatic carbocycles. The van der Waals surface area contributed by atoms with Gasteiger partial charge in [0.05, 0.1) is 17.9 Å². The van der Waals surface area contributed by atoms with Crippen molar-refractivity contribution < 1.29 is 13.2 Å². The molecule has 1 aliphatic rings. The first-order valence-electron chi connectivity index (χ1n) is 7.23. The van der Waals surface area contributed by atoms with E-state index in [2.05, 4.69) is 15.5 Å². The zero-order chi connectivity index (χ0) is 16.0. The van der Waals surface area contributed by atoms with Gasteiger partial charge in [0.1, 0.15) is 0 Å². The quantitative estimate of drug-likeness (QED) is 0.634. The maximum Gasteiger partial charge on any atom is 0.244 e. The molecule has 2 heterocycles. The Bertz CT molecular complexity index is 631. The summed E-state index contributed by atoms with van der Waals surface area (Å²) in [4.78, 5) is 16.0. The van der Waals surface area contributed by atoms with E-state index in [1.165, 1.54) is 10.5 Å². The third kappa shape index (κ3) is 4.35. The van der Waals surface area contributed by atoms with Gasteiger partial charge in [-0.1, -0.05) is 6.07 Å². The number of carbonyl (C=O) groups excluding carboxylic acids is 1. The fraction of sp³-hybridized carbons (Fsp3) is 0.500. The van der Waals surface area contributed by atoms with Crippen molar-refractivity contribution in [2.75, 3.05) is 18.8 Å². The lowest BCUT2D eigenvalue weighted by molar-refractivity contribution is -0.126. The van der Waals surface area contributed by atoms with Crippen LogP contribution in [-0.2, 0) is 14.8 Å². The number of nitrogens with one attached hydrogen (secondary N) is 1. The van der Waals surface area contributed by atoms with Crippen LogP contribution >= 0.6 is 0 Å². The van der Waals surface area contributed by atoms with Crippen LogP contribution in [0.5, 0.6) is 0 Å². The minimum Gasteiger partial charge on any atom is -0.273 e. The summed E-state index contributed by atoms with van der Waals surface area (Å²) in [7, 11) is -3.24. The highest BCUT2D eigenvalue weighted by Gasteiger charge is 2.31. The van der Waals surface area contributed by atoms with Gasteiger partial charge in [0.2, 0.25) is 15.9 Å². The third-order valence-electron chi connectivity index (χ3n) is 3.59. The van der Waals surface area contributed by atoms with Crippen molar-refractivity contribution in [1.82, 2.24) is 14.7 Å². The number of rotatable bonds is 5. The van der Waals surface area contributed by atoms with Crippen molar-refractivity contribution in [1.29, 1.82) is 0 Å². The SMILES string of the molecule is CCS(=O)(=O)N1CCCC(C(=O)N/N=C/c2cccnc2)C1. The number of hydrogen-bond donors (Lipinski definition) is 1. The van der Waals surface area contributed by atoms with Crippen LogP contribution in [0.25, 0.3) is 0 Å². The highest BCUT2D eigenvalue weighted by atomic mass is 32.2. The Kier molecular flexibility index (Phi) is 5.62. The van der Waals surface area contributed by atoms with Crippen LogP contribution in [0.3, 0.4) is 0 Å². The molecule has 1 unspecified atom stereocenters. The Hall–Kier alpha value is -1.80. The maximum atomic E-state index is 12.1. The van der Waals surface area contributed by atoms with Gasteiger partial charge in [-0.3, -0.25) is 9.78 Å². The van der Waals surface area contributed by atoms with Crippen molar-refractivity contribution in [3.05, 3.63) is 30.1 Å². The summed E-state index contributed by atoms with van der Waals surface area (Å²) >= 11 is 0. The summed E-state index contributed by atoms with van der Waals surface area (Å²) in [6, 6.07) is 3.59. The normalized spacial score (nSPS) is 20.1. The van der Waals surface area contributed by atoms with Gasteiger partial charge in [0.25, 0.3) is 0 Å². The molecule has 8 heteroatoms. The number of amides is 1. The van der Waals surface area contributed by atoms with Gasteiger partial charge in [-0.15, -0.1) is 0 Å². The van der Waals surface area contributed by atoms with Crippen LogP contribution in [-0.4, -0.2) is 48.7 Å². The summed E-state index contributed by atoms with van der Waals surface area (Å²) in [6.45, 7) is 2.32. The number of hydrogen-bond acceptors (Lipinski definition) is 5. The highest BCUT2D eigenvalue weighted by molar-refractivity contribution is 7.89. The van der Waals surface area contributed by atoms with Crippen molar-refractivity contribution >= 4 is 22.1 Å². The highest BCUT2D eigenvalue weighted by Crippen LogP contribution is 2.19. The lowest BCUT2D eigenvalue weighted by atomic mass is 9.99. The van der Waals surface area contributed by atoms with Gasteiger partial charge in [-0.2, -0.15) is 5.10 Å². The van der Waals surface area contributed by atoms with Crippen molar-refractivity contribution in [3.8, 4) is 0 Å². The average Bonchev–Trinajstić information content (AvgIpc) is 2.56. The van der Waals surface area contributed by atoms with E-state index >= 15 is 0 Å². The molecule has 0 bridgehead atoms. The van der Waals surface area contributed by atoms with Crippen molar-refractivity contribution in [3.63, 3.8) is 0 Å². The molecular formula is C14H20N4O3S. The lowest BCUT2D eigenvalue weighted by Crippen LogP contribution is -2.45. The second-order valence-corrected chi connectivity index (χ2v) is 7.38. The smallest absolute Gasteiger partial charge is 0.244 e. The number of pyridine rings is 1. The number of aromatic nitrogens is 1. The molecule has 0 spiro atoms. The Morgan fingerprint density at radius 1 is 1.59 bits per heavy atom. The van der Waals surface area contributed by atoms with E-state index in [9.17, 15) is 13.2 Å². The molecule has 0 radical (unpaired) electrons. The van der Waals surface area contributed by atoms with E-state index in [4.69, 9.17) is 0 Å². The second-order valence-electron chi connectivity index (χ2n) is 5.12. The molecule has 0 aliphatic carbocycles. The molecule has 1 amide bonds. The summed E-state index contributed by atoms with van der Waals surface area (Å²) in [6.07, 6.45) is 6.15. The zero-order valence-corrected chi connectivity index (χ0v) is 13.3. The molecule has 1 aromatic heterocycles. The summed E-state index contributed by atoms with van der Waals surface area (Å²) < 4.78 is 25.2. The monoisotopic (exact) mass is 324 g/mol. The predicted molar refractivity (Wildman–Crippen MR) is 83.7 cm³/mol. The Morgan fingerprint density at radius 2 is 2.41 bits per heavy atom. The number of sulfonamides is 1. The van der Waals surface area contributed by atoms with Crippen LogP contribution in [0.2, 0.25) is 0 Å². The molecule has 1 N–H and O–H groups in total. The molecule has 1 saturated heterocycles. The Balaban J connectivity index is 1.91. The molecule has 7 nitrogen and oxygen atoms in total. The Morgan fingerprint density at radius 3 is 3.09 bits per heavy atom. The average molecular weight is 324 g/mol. The summed E-state index contributed by atoms with van der Waals surface area (Å²) in [5.41, 5.74) is 3.25. The molecule has 120 valence electrons. The van der Waals surface area contributed by atoms with E-state index < -0.39 is 10.0 Å². The van der Waals surface area contributed by atoms with E-state index in [1.807, 2.05) is 6.07 Å². The summed E-state index contributed by atoms with van der Waals surface area (Å²) in [5, 5.41) is 3.89. The molecular weight excluding hydrogens is 304 g/mol. The van der Waals surface area contributed by atoms with Crippen LogP contribution in [0.1, 0.15) is 25.3 Å². The zero-order valence-electron chi connectivity index (χ0n) is 12.5.